The number of hydrogen-bond donors (Lipinski definition) is 2. The van der Waals surface area contributed by atoms with Gasteiger partial charge in [0.15, 0.2) is 0 Å². The van der Waals surface area contributed by atoms with Crippen molar-refractivity contribution < 1.29 is 17.6 Å². The van der Waals surface area contributed by atoms with Crippen molar-refractivity contribution in [1.29, 1.82) is 0 Å². The van der Waals surface area contributed by atoms with Crippen LogP contribution in [-0.2, 0) is 0 Å². The van der Waals surface area contributed by atoms with E-state index in [1.807, 2.05) is 0 Å². The highest BCUT2D eigenvalue weighted by molar-refractivity contribution is 5.36. The summed E-state index contributed by atoms with van der Waals surface area (Å²) in [4.78, 5) is 0. The van der Waals surface area contributed by atoms with Gasteiger partial charge in [0.2, 0.25) is 0 Å². The molecular weight excluding hydrogens is 272 g/mol. The fraction of sp³-hybridized carbons (Fsp3) is 0.143. The van der Waals surface area contributed by atoms with Crippen LogP contribution in [0.1, 0.15) is 22.7 Å². The summed E-state index contributed by atoms with van der Waals surface area (Å²) >= 11 is 0. The Labute approximate surface area is 113 Å². The Morgan fingerprint density at radius 1 is 0.900 bits per heavy atom. The summed E-state index contributed by atoms with van der Waals surface area (Å²) in [7, 11) is 0. The molecule has 0 aliphatic rings. The van der Waals surface area contributed by atoms with Crippen molar-refractivity contribution in [3.05, 3.63) is 70.3 Å². The standard InChI is InChI=1S/C14H12F4N2/c1-7-4-9(13(18)6-12(7)17)14(20-19)10-5-8(15)2-3-11(10)16/h2-6,14,20H,19H2,1H3. The molecule has 2 aromatic rings. The van der Waals surface area contributed by atoms with Gasteiger partial charge in [0.25, 0.3) is 0 Å². The molecule has 2 nitrogen and oxygen atoms in total. The lowest BCUT2D eigenvalue weighted by Crippen LogP contribution is -2.30. The van der Waals surface area contributed by atoms with Gasteiger partial charge in [-0.15, -0.1) is 0 Å². The molecule has 0 saturated carbocycles. The summed E-state index contributed by atoms with van der Waals surface area (Å²) < 4.78 is 54.0. The Balaban J connectivity index is 2.58. The predicted molar refractivity (Wildman–Crippen MR) is 66.6 cm³/mol. The van der Waals surface area contributed by atoms with Crippen LogP contribution < -0.4 is 11.3 Å². The third-order valence-electron chi connectivity index (χ3n) is 3.02. The van der Waals surface area contributed by atoms with E-state index in [0.29, 0.717) is 6.07 Å². The summed E-state index contributed by atoms with van der Waals surface area (Å²) in [6, 6.07) is 3.55. The van der Waals surface area contributed by atoms with E-state index in [1.165, 1.54) is 13.0 Å². The van der Waals surface area contributed by atoms with E-state index in [4.69, 9.17) is 5.84 Å². The molecule has 0 spiro atoms. The number of nitrogens with one attached hydrogen (secondary N) is 1. The molecule has 0 aromatic heterocycles. The largest absolute Gasteiger partial charge is 0.271 e. The third-order valence-corrected chi connectivity index (χ3v) is 3.02. The number of aryl methyl sites for hydroxylation is 1. The van der Waals surface area contributed by atoms with Crippen molar-refractivity contribution in [2.75, 3.05) is 0 Å². The van der Waals surface area contributed by atoms with E-state index in [1.54, 1.807) is 0 Å². The van der Waals surface area contributed by atoms with E-state index in [-0.39, 0.29) is 16.7 Å². The van der Waals surface area contributed by atoms with Gasteiger partial charge in [-0.2, -0.15) is 0 Å². The molecule has 6 heteroatoms. The van der Waals surface area contributed by atoms with Gasteiger partial charge in [0, 0.05) is 17.2 Å². The lowest BCUT2D eigenvalue weighted by molar-refractivity contribution is 0.514. The molecule has 1 unspecified atom stereocenters. The van der Waals surface area contributed by atoms with Crippen LogP contribution in [0.3, 0.4) is 0 Å². The SMILES string of the molecule is Cc1cc(C(NN)c2cc(F)ccc2F)c(F)cc1F. The fourth-order valence-corrected chi connectivity index (χ4v) is 1.98. The van der Waals surface area contributed by atoms with Crippen LogP contribution in [0.5, 0.6) is 0 Å². The number of halogens is 4. The van der Waals surface area contributed by atoms with E-state index >= 15 is 0 Å². The Bertz CT molecular complexity index is 643. The minimum atomic E-state index is -1.12. The molecule has 0 fully saturated rings. The van der Waals surface area contributed by atoms with Gasteiger partial charge in [-0.05, 0) is 36.8 Å². The van der Waals surface area contributed by atoms with Crippen molar-refractivity contribution in [1.82, 2.24) is 5.43 Å². The maximum absolute atomic E-state index is 13.8. The second-order valence-corrected chi connectivity index (χ2v) is 4.39. The summed E-state index contributed by atoms with van der Waals surface area (Å²) in [5.74, 6) is 2.28. The number of hydrogen-bond acceptors (Lipinski definition) is 2. The monoisotopic (exact) mass is 284 g/mol. The highest BCUT2D eigenvalue weighted by Gasteiger charge is 2.22. The Morgan fingerprint density at radius 2 is 1.55 bits per heavy atom. The van der Waals surface area contributed by atoms with Crippen LogP contribution in [0.4, 0.5) is 17.6 Å². The van der Waals surface area contributed by atoms with E-state index in [9.17, 15) is 17.6 Å². The van der Waals surface area contributed by atoms with Crippen LogP contribution >= 0.6 is 0 Å². The molecule has 0 heterocycles. The molecule has 0 aliphatic carbocycles. The minimum Gasteiger partial charge on any atom is -0.271 e. The first kappa shape index (κ1) is 14.5. The van der Waals surface area contributed by atoms with E-state index in [0.717, 1.165) is 18.2 Å². The van der Waals surface area contributed by atoms with Gasteiger partial charge in [0.1, 0.15) is 23.3 Å². The summed E-state index contributed by atoms with van der Waals surface area (Å²) in [5.41, 5.74) is 2.19. The summed E-state index contributed by atoms with van der Waals surface area (Å²) in [6.45, 7) is 1.44. The highest BCUT2D eigenvalue weighted by Crippen LogP contribution is 2.28. The first-order chi connectivity index (χ1) is 9.43. The molecule has 0 aliphatic heterocycles. The molecule has 0 amide bonds. The smallest absolute Gasteiger partial charge is 0.131 e. The van der Waals surface area contributed by atoms with Crippen LogP contribution in [0, 0.1) is 30.2 Å². The molecule has 2 aromatic carbocycles. The molecule has 20 heavy (non-hydrogen) atoms. The lowest BCUT2D eigenvalue weighted by atomic mass is 9.96. The topological polar surface area (TPSA) is 38.0 Å². The molecule has 0 radical (unpaired) electrons. The van der Waals surface area contributed by atoms with Crippen LogP contribution in [0.2, 0.25) is 0 Å². The van der Waals surface area contributed by atoms with Crippen molar-refractivity contribution >= 4 is 0 Å². The van der Waals surface area contributed by atoms with Crippen LogP contribution in [0.15, 0.2) is 30.3 Å². The molecule has 3 N–H and O–H groups in total. The van der Waals surface area contributed by atoms with Gasteiger partial charge in [-0.1, -0.05) is 0 Å². The highest BCUT2D eigenvalue weighted by atomic mass is 19.1. The zero-order chi connectivity index (χ0) is 14.9. The number of hydrazine groups is 1. The molecule has 1 atom stereocenters. The molecule has 106 valence electrons. The van der Waals surface area contributed by atoms with Gasteiger partial charge in [0.05, 0.1) is 6.04 Å². The van der Waals surface area contributed by atoms with Crippen molar-refractivity contribution in [2.45, 2.75) is 13.0 Å². The first-order valence-electron chi connectivity index (χ1n) is 5.80. The quantitative estimate of drug-likeness (QED) is 0.516. The molecular formula is C14H12F4N2. The third kappa shape index (κ3) is 2.66. The molecule has 0 saturated heterocycles. The maximum atomic E-state index is 13.8. The van der Waals surface area contributed by atoms with Crippen molar-refractivity contribution in [2.24, 2.45) is 5.84 Å². The second-order valence-electron chi connectivity index (χ2n) is 4.39. The van der Waals surface area contributed by atoms with Crippen molar-refractivity contribution in [3.63, 3.8) is 0 Å². The van der Waals surface area contributed by atoms with E-state index in [2.05, 4.69) is 5.43 Å². The van der Waals surface area contributed by atoms with Gasteiger partial charge in [-0.3, -0.25) is 5.84 Å². The van der Waals surface area contributed by atoms with Crippen LogP contribution in [0.25, 0.3) is 0 Å². The normalized spacial score (nSPS) is 12.5. The number of nitrogens with two attached hydrogens (primary N) is 1. The Kier molecular flexibility index (Phi) is 4.06. The summed E-state index contributed by atoms with van der Waals surface area (Å²) in [5, 5.41) is 0. The second kappa shape index (κ2) is 5.60. The first-order valence-corrected chi connectivity index (χ1v) is 5.80. The van der Waals surface area contributed by atoms with Gasteiger partial charge < -0.3 is 0 Å². The van der Waals surface area contributed by atoms with Crippen LogP contribution in [-0.4, -0.2) is 0 Å². The summed E-state index contributed by atoms with van der Waals surface area (Å²) in [6.07, 6.45) is 0. The van der Waals surface area contributed by atoms with Crippen molar-refractivity contribution in [3.8, 4) is 0 Å². The zero-order valence-corrected chi connectivity index (χ0v) is 10.6. The molecule has 2 rings (SSSR count). The average Bonchev–Trinajstić information content (AvgIpc) is 2.40. The van der Waals surface area contributed by atoms with E-state index < -0.39 is 29.3 Å². The average molecular weight is 284 g/mol. The predicted octanol–water partition coefficient (Wildman–Crippen LogP) is 3.10. The molecule has 0 bridgehead atoms. The lowest BCUT2D eigenvalue weighted by Gasteiger charge is -2.19. The minimum absolute atomic E-state index is 0.0594. The maximum Gasteiger partial charge on any atom is 0.131 e. The Hall–Kier alpha value is -1.92. The van der Waals surface area contributed by atoms with Gasteiger partial charge in [-0.25, -0.2) is 23.0 Å². The Morgan fingerprint density at radius 3 is 2.20 bits per heavy atom. The number of rotatable bonds is 3. The number of benzene rings is 2. The zero-order valence-electron chi connectivity index (χ0n) is 10.6. The van der Waals surface area contributed by atoms with Gasteiger partial charge >= 0.3 is 0 Å². The fourth-order valence-electron chi connectivity index (χ4n) is 1.98.